The maximum atomic E-state index is 9.14. The standard InChI is InChI=1S/C39H58N2.Ni/c1-4-7-10-11-12-13-14-15-16-17-18-19-20-23-35-24-21-26-38(33-35)39(36(25-9-6-3)31-32-41-40)37-29-27-34(28-30-37)22-8-5-2;/h21,24,26-31,33H,4-20,22-23,25H2,1-3H3;. The van der Waals surface area contributed by atoms with E-state index in [1.807, 2.05) is 6.08 Å². The van der Waals surface area contributed by atoms with Crippen LogP contribution in [0.15, 0.2) is 60.2 Å². The fourth-order valence-corrected chi connectivity index (χ4v) is 5.73. The van der Waals surface area contributed by atoms with E-state index in [-0.39, 0.29) is 16.5 Å². The van der Waals surface area contributed by atoms with Crippen molar-refractivity contribution in [1.82, 2.24) is 0 Å². The van der Waals surface area contributed by atoms with E-state index in [2.05, 4.69) is 80.0 Å². The SMILES string of the molecule is CCCCCCCCCCCCCCCc1cccc(C(=C(C=C=[N+]=[N-])CCCC)c2ccc(CCCC)cc2)c1.[Ni]. The average molecular weight is 614 g/mol. The molecular weight excluding hydrogens is 555 g/mol. The Kier molecular flexibility index (Phi) is 22.8. The van der Waals surface area contributed by atoms with Crippen LogP contribution in [0.1, 0.15) is 159 Å². The molecule has 2 aromatic rings. The van der Waals surface area contributed by atoms with Crippen molar-refractivity contribution in [2.45, 2.75) is 149 Å². The Hall–Kier alpha value is -2.17. The first-order valence-corrected chi connectivity index (χ1v) is 17.1. The van der Waals surface area contributed by atoms with Gasteiger partial charge in [-0.05, 0) is 71.9 Å². The summed E-state index contributed by atoms with van der Waals surface area (Å²) in [5.41, 5.74) is 16.8. The van der Waals surface area contributed by atoms with Crippen molar-refractivity contribution in [3.8, 4) is 0 Å². The predicted octanol–water partition coefficient (Wildman–Crippen LogP) is 12.1. The van der Waals surface area contributed by atoms with E-state index in [0.717, 1.165) is 32.1 Å². The van der Waals surface area contributed by atoms with Gasteiger partial charge in [0.1, 0.15) is 0 Å². The second-order valence-electron chi connectivity index (χ2n) is 11.9. The van der Waals surface area contributed by atoms with Crippen LogP contribution in [-0.4, -0.2) is 10.7 Å². The molecule has 0 aliphatic heterocycles. The van der Waals surface area contributed by atoms with Crippen molar-refractivity contribution in [1.29, 1.82) is 0 Å². The van der Waals surface area contributed by atoms with Gasteiger partial charge in [0.25, 0.3) is 5.87 Å². The first-order chi connectivity index (χ1) is 20.2. The average Bonchev–Trinajstić information content (AvgIpc) is 3.00. The number of rotatable bonds is 23. The summed E-state index contributed by atoms with van der Waals surface area (Å²) in [6.45, 7) is 6.76. The van der Waals surface area contributed by atoms with Crippen molar-refractivity contribution in [2.24, 2.45) is 0 Å². The minimum Gasteiger partial charge on any atom is -0.348 e. The Morgan fingerprint density at radius 3 is 1.74 bits per heavy atom. The molecule has 0 radical (unpaired) electrons. The molecule has 2 nitrogen and oxygen atoms in total. The molecule has 42 heavy (non-hydrogen) atoms. The molecule has 2 aromatic carbocycles. The zero-order chi connectivity index (χ0) is 29.4. The van der Waals surface area contributed by atoms with Crippen LogP contribution in [0.2, 0.25) is 0 Å². The third-order valence-electron chi connectivity index (χ3n) is 8.26. The second kappa shape index (κ2) is 25.3. The minimum atomic E-state index is 0. The summed E-state index contributed by atoms with van der Waals surface area (Å²) in [6.07, 6.45) is 27.8. The molecule has 0 aliphatic carbocycles. The Bertz CT molecular complexity index is 1070. The van der Waals surface area contributed by atoms with Crippen molar-refractivity contribution in [2.75, 3.05) is 0 Å². The predicted molar refractivity (Wildman–Crippen MR) is 180 cm³/mol. The first kappa shape index (κ1) is 37.9. The smallest absolute Gasteiger partial charge is 0.299 e. The van der Waals surface area contributed by atoms with Gasteiger partial charge in [-0.3, -0.25) is 0 Å². The number of nitrogens with zero attached hydrogens (tertiary/aromatic N) is 2. The molecule has 0 aliphatic rings. The normalized spacial score (nSPS) is 11.3. The van der Waals surface area contributed by atoms with Gasteiger partial charge in [0.2, 0.25) is 0 Å². The zero-order valence-electron chi connectivity index (χ0n) is 27.0. The van der Waals surface area contributed by atoms with Crippen LogP contribution in [0.4, 0.5) is 0 Å². The molecule has 0 bridgehead atoms. The second-order valence-corrected chi connectivity index (χ2v) is 11.9. The van der Waals surface area contributed by atoms with Crippen LogP contribution in [0, 0.1) is 0 Å². The summed E-state index contributed by atoms with van der Waals surface area (Å²) in [4.78, 5) is 3.18. The summed E-state index contributed by atoms with van der Waals surface area (Å²) in [6, 6.07) is 18.2. The molecule has 2 rings (SSSR count). The largest absolute Gasteiger partial charge is 0.348 e. The molecule has 0 N–H and O–H groups in total. The molecule has 0 amide bonds. The molecule has 234 valence electrons. The van der Waals surface area contributed by atoms with Gasteiger partial charge in [0, 0.05) is 16.5 Å². The van der Waals surface area contributed by atoms with Gasteiger partial charge in [-0.15, -0.1) is 4.79 Å². The van der Waals surface area contributed by atoms with Gasteiger partial charge < -0.3 is 5.53 Å². The van der Waals surface area contributed by atoms with Gasteiger partial charge in [0.05, 0.1) is 6.08 Å². The number of unbranched alkanes of at least 4 members (excludes halogenated alkanes) is 14. The van der Waals surface area contributed by atoms with Crippen LogP contribution in [-0.2, 0) is 29.3 Å². The van der Waals surface area contributed by atoms with Crippen LogP contribution >= 0.6 is 0 Å². The monoisotopic (exact) mass is 612 g/mol. The van der Waals surface area contributed by atoms with Gasteiger partial charge >= 0.3 is 0 Å². The summed E-state index contributed by atoms with van der Waals surface area (Å²) in [5.74, 6) is 2.71. The third-order valence-corrected chi connectivity index (χ3v) is 8.26. The maximum Gasteiger partial charge on any atom is 0.299 e. The molecular formula is C39H58N2Ni. The fourth-order valence-electron chi connectivity index (χ4n) is 5.73. The van der Waals surface area contributed by atoms with Crippen molar-refractivity contribution >= 4 is 11.4 Å². The van der Waals surface area contributed by atoms with Crippen molar-refractivity contribution in [3.63, 3.8) is 0 Å². The van der Waals surface area contributed by atoms with E-state index in [4.69, 9.17) is 5.53 Å². The summed E-state index contributed by atoms with van der Waals surface area (Å²) < 4.78 is 0. The van der Waals surface area contributed by atoms with Crippen molar-refractivity contribution < 1.29 is 21.3 Å². The quantitative estimate of drug-likeness (QED) is 0.0299. The van der Waals surface area contributed by atoms with E-state index in [1.54, 1.807) is 0 Å². The molecule has 0 saturated heterocycles. The maximum absolute atomic E-state index is 9.14. The molecule has 0 aromatic heterocycles. The molecule has 3 heteroatoms. The number of hydrogen-bond acceptors (Lipinski definition) is 0. The zero-order valence-corrected chi connectivity index (χ0v) is 28.0. The Morgan fingerprint density at radius 2 is 1.17 bits per heavy atom. The van der Waals surface area contributed by atoms with Crippen LogP contribution in [0.5, 0.6) is 0 Å². The number of aryl methyl sites for hydroxylation is 2. The number of benzene rings is 2. The Labute approximate surface area is 269 Å². The van der Waals surface area contributed by atoms with Crippen molar-refractivity contribution in [3.05, 3.63) is 88.0 Å². The van der Waals surface area contributed by atoms with E-state index in [0.29, 0.717) is 0 Å². The van der Waals surface area contributed by atoms with Crippen LogP contribution in [0.3, 0.4) is 0 Å². The van der Waals surface area contributed by atoms with E-state index < -0.39 is 0 Å². The molecule has 0 atom stereocenters. The summed E-state index contributed by atoms with van der Waals surface area (Å²) in [7, 11) is 0. The first-order valence-electron chi connectivity index (χ1n) is 17.1. The molecule has 0 fully saturated rings. The molecule has 0 heterocycles. The van der Waals surface area contributed by atoms with Gasteiger partial charge in [0.15, 0.2) is 0 Å². The molecule has 0 spiro atoms. The van der Waals surface area contributed by atoms with Gasteiger partial charge in [-0.25, -0.2) is 0 Å². The van der Waals surface area contributed by atoms with E-state index in [1.165, 1.54) is 130 Å². The summed E-state index contributed by atoms with van der Waals surface area (Å²) in [5, 5.41) is 0. The van der Waals surface area contributed by atoms with E-state index >= 15 is 0 Å². The van der Waals surface area contributed by atoms with Gasteiger partial charge in [-0.1, -0.05) is 159 Å². The van der Waals surface area contributed by atoms with Crippen LogP contribution < -0.4 is 0 Å². The number of allylic oxidation sites excluding steroid dienone is 2. The molecule has 0 unspecified atom stereocenters. The minimum absolute atomic E-state index is 0. The van der Waals surface area contributed by atoms with Gasteiger partial charge in [-0.2, -0.15) is 0 Å². The fraction of sp³-hybridized carbons (Fsp3) is 0.590. The Balaban J connectivity index is 0.00000882. The topological polar surface area (TPSA) is 36.4 Å². The Morgan fingerprint density at radius 1 is 0.619 bits per heavy atom. The number of hydrogen-bond donors (Lipinski definition) is 0. The van der Waals surface area contributed by atoms with E-state index in [9.17, 15) is 0 Å². The van der Waals surface area contributed by atoms with Crippen LogP contribution in [0.25, 0.3) is 11.1 Å². The summed E-state index contributed by atoms with van der Waals surface area (Å²) >= 11 is 0. The molecule has 0 saturated carbocycles. The third kappa shape index (κ3) is 15.9.